The Morgan fingerprint density at radius 1 is 0.882 bits per heavy atom. The lowest BCUT2D eigenvalue weighted by atomic mass is 9.91. The zero-order chi connectivity index (χ0) is 11.6. The number of hydrogen-bond acceptors (Lipinski definition) is 0. The van der Waals surface area contributed by atoms with E-state index in [9.17, 15) is 0 Å². The normalized spacial score (nSPS) is 24.4. The van der Waals surface area contributed by atoms with Gasteiger partial charge in [-0.15, -0.1) is 0 Å². The van der Waals surface area contributed by atoms with E-state index in [4.69, 9.17) is 0 Å². The molecule has 0 radical (unpaired) electrons. The third-order valence-corrected chi connectivity index (χ3v) is 4.16. The van der Waals surface area contributed by atoms with Gasteiger partial charge in [-0.3, -0.25) is 0 Å². The fourth-order valence-electron chi connectivity index (χ4n) is 2.92. The summed E-state index contributed by atoms with van der Waals surface area (Å²) < 4.78 is 0. The molecule has 0 atom stereocenters. The standard InChI is InChI=1S/C15H31N.FH/c1-3-5-7-8-12-16-13-10-15(11-14-16)9-6-4-2;/h15H,3-14H2,1-2H3;1H. The number of likely N-dealkylation sites (tertiary alicyclic amines) is 1. The summed E-state index contributed by atoms with van der Waals surface area (Å²) in [5.41, 5.74) is 0. The van der Waals surface area contributed by atoms with E-state index in [-0.39, 0.29) is 4.70 Å². The summed E-state index contributed by atoms with van der Waals surface area (Å²) in [6, 6.07) is 0. The third-order valence-electron chi connectivity index (χ3n) is 4.16. The van der Waals surface area contributed by atoms with Gasteiger partial charge < -0.3 is 9.60 Å². The van der Waals surface area contributed by atoms with Crippen LogP contribution < -0.4 is 9.60 Å². The summed E-state index contributed by atoms with van der Waals surface area (Å²) in [5, 5.41) is 0. The van der Waals surface area contributed by atoms with Crippen LogP contribution in [0.5, 0.6) is 0 Å². The Hall–Kier alpha value is -0.110. The summed E-state index contributed by atoms with van der Waals surface area (Å²) in [6.07, 6.45) is 13.1. The number of piperidine rings is 1. The highest BCUT2D eigenvalue weighted by Crippen LogP contribution is 2.17. The molecule has 0 unspecified atom stereocenters. The molecule has 0 bridgehead atoms. The van der Waals surface area contributed by atoms with E-state index in [1.165, 1.54) is 77.4 Å². The molecule has 104 valence electrons. The number of halogens is 1. The van der Waals surface area contributed by atoms with Crippen LogP contribution in [0.25, 0.3) is 0 Å². The minimum absolute atomic E-state index is 0. The van der Waals surface area contributed by atoms with Crippen molar-refractivity contribution in [1.82, 2.24) is 0 Å². The van der Waals surface area contributed by atoms with Crippen molar-refractivity contribution in [2.24, 2.45) is 5.92 Å². The van der Waals surface area contributed by atoms with Crippen LogP contribution in [-0.2, 0) is 0 Å². The molecular weight excluding hydrogens is 213 g/mol. The Kier molecular flexibility index (Phi) is 10.9. The molecule has 1 N–H and O–H groups in total. The average molecular weight is 245 g/mol. The molecule has 0 aliphatic carbocycles. The van der Waals surface area contributed by atoms with Crippen LogP contribution in [0.1, 0.15) is 71.6 Å². The number of unbranched alkanes of at least 4 members (excludes halogenated alkanes) is 4. The van der Waals surface area contributed by atoms with Gasteiger partial charge in [-0.25, -0.2) is 0 Å². The van der Waals surface area contributed by atoms with Crippen LogP contribution in [0.15, 0.2) is 0 Å². The van der Waals surface area contributed by atoms with Crippen LogP contribution in [-0.4, -0.2) is 19.6 Å². The van der Waals surface area contributed by atoms with Crippen molar-refractivity contribution in [2.75, 3.05) is 19.6 Å². The lowest BCUT2D eigenvalue weighted by Gasteiger charge is -2.29. The molecule has 0 aromatic carbocycles. The second-order valence-electron chi connectivity index (χ2n) is 5.65. The molecule has 0 aromatic rings. The molecule has 1 rings (SSSR count). The van der Waals surface area contributed by atoms with Crippen molar-refractivity contribution in [3.05, 3.63) is 0 Å². The van der Waals surface area contributed by atoms with Gasteiger partial charge in [-0.1, -0.05) is 46.0 Å². The zero-order valence-electron chi connectivity index (χ0n) is 11.9. The molecule has 2 heteroatoms. The molecule has 0 spiro atoms. The monoisotopic (exact) mass is 245 g/mol. The van der Waals surface area contributed by atoms with Crippen molar-refractivity contribution in [1.29, 1.82) is 0 Å². The molecule has 1 nitrogen and oxygen atoms in total. The molecule has 1 heterocycles. The number of rotatable bonds is 8. The minimum atomic E-state index is 0. The van der Waals surface area contributed by atoms with Crippen LogP contribution in [0.3, 0.4) is 0 Å². The highest BCUT2D eigenvalue weighted by atomic mass is 19.0. The molecule has 0 aromatic heterocycles. The first-order valence-corrected chi connectivity index (χ1v) is 7.70. The minimum Gasteiger partial charge on any atom is -1.00 e. The Morgan fingerprint density at radius 3 is 2.12 bits per heavy atom. The Labute approximate surface area is 107 Å². The molecule has 17 heavy (non-hydrogen) atoms. The van der Waals surface area contributed by atoms with Gasteiger partial charge in [0.25, 0.3) is 0 Å². The second kappa shape index (κ2) is 11.0. The van der Waals surface area contributed by atoms with E-state index in [1.54, 1.807) is 0 Å². The zero-order valence-corrected chi connectivity index (χ0v) is 11.9. The van der Waals surface area contributed by atoms with Crippen molar-refractivity contribution < 1.29 is 9.60 Å². The highest BCUT2D eigenvalue weighted by molar-refractivity contribution is 4.62. The maximum absolute atomic E-state index is 2.31. The van der Waals surface area contributed by atoms with Gasteiger partial charge >= 0.3 is 0 Å². The van der Waals surface area contributed by atoms with Crippen molar-refractivity contribution in [3.8, 4) is 0 Å². The first-order chi connectivity index (χ1) is 7.86. The van der Waals surface area contributed by atoms with E-state index >= 15 is 0 Å². The largest absolute Gasteiger partial charge is 1.00 e. The lowest BCUT2D eigenvalue weighted by molar-refractivity contribution is -0.906. The van der Waals surface area contributed by atoms with Crippen LogP contribution in [0.4, 0.5) is 0 Å². The highest BCUT2D eigenvalue weighted by Gasteiger charge is 2.20. The first-order valence-electron chi connectivity index (χ1n) is 7.70. The molecule has 0 amide bonds. The van der Waals surface area contributed by atoms with E-state index < -0.39 is 0 Å². The van der Waals surface area contributed by atoms with Gasteiger partial charge in [0, 0.05) is 0 Å². The SMILES string of the molecule is CCCCCC[NH+]1CCC(CCCC)CC1.[F-]. The molecule has 1 saturated heterocycles. The summed E-state index contributed by atoms with van der Waals surface area (Å²) in [4.78, 5) is 1.89. The van der Waals surface area contributed by atoms with E-state index in [0.29, 0.717) is 0 Å². The second-order valence-corrected chi connectivity index (χ2v) is 5.65. The predicted molar refractivity (Wildman–Crippen MR) is 72.0 cm³/mol. The fourth-order valence-corrected chi connectivity index (χ4v) is 2.92. The van der Waals surface area contributed by atoms with E-state index in [2.05, 4.69) is 13.8 Å². The van der Waals surface area contributed by atoms with E-state index in [1.807, 2.05) is 4.90 Å². The molecule has 0 saturated carbocycles. The quantitative estimate of drug-likeness (QED) is 0.577. The van der Waals surface area contributed by atoms with Gasteiger partial charge in [-0.2, -0.15) is 0 Å². The van der Waals surface area contributed by atoms with E-state index in [0.717, 1.165) is 5.92 Å². The maximum atomic E-state index is 2.31. The third kappa shape index (κ3) is 7.75. The average Bonchev–Trinajstić information content (AvgIpc) is 2.33. The van der Waals surface area contributed by atoms with Crippen LogP contribution >= 0.6 is 0 Å². The Bertz CT molecular complexity index is 153. The van der Waals surface area contributed by atoms with Gasteiger partial charge in [-0.05, 0) is 31.6 Å². The molecule has 1 aliphatic rings. The molecule has 1 fully saturated rings. The first kappa shape index (κ1) is 16.9. The number of nitrogens with one attached hydrogen (secondary N) is 1. The van der Waals surface area contributed by atoms with Gasteiger partial charge in [0.1, 0.15) is 0 Å². The predicted octanol–water partition coefficient (Wildman–Crippen LogP) is 0.0558. The number of quaternary nitrogens is 1. The summed E-state index contributed by atoms with van der Waals surface area (Å²) in [5.74, 6) is 1.07. The van der Waals surface area contributed by atoms with Crippen molar-refractivity contribution >= 4 is 0 Å². The van der Waals surface area contributed by atoms with Gasteiger partial charge in [0.05, 0.1) is 19.6 Å². The van der Waals surface area contributed by atoms with Crippen molar-refractivity contribution in [3.63, 3.8) is 0 Å². The summed E-state index contributed by atoms with van der Waals surface area (Å²) >= 11 is 0. The lowest BCUT2D eigenvalue weighted by Crippen LogP contribution is -3.13. The fraction of sp³-hybridized carbons (Fsp3) is 1.00. The summed E-state index contributed by atoms with van der Waals surface area (Å²) in [6.45, 7) is 8.97. The Balaban J connectivity index is 0.00000256. The molecular formula is C15H32FN. The van der Waals surface area contributed by atoms with Crippen LogP contribution in [0, 0.1) is 5.92 Å². The molecule has 1 aliphatic heterocycles. The topological polar surface area (TPSA) is 4.44 Å². The number of hydrogen-bond donors (Lipinski definition) is 1. The van der Waals surface area contributed by atoms with Gasteiger partial charge in [0.15, 0.2) is 0 Å². The van der Waals surface area contributed by atoms with Gasteiger partial charge in [0.2, 0.25) is 0 Å². The van der Waals surface area contributed by atoms with Crippen molar-refractivity contribution in [2.45, 2.75) is 71.6 Å². The maximum Gasteiger partial charge on any atom is 0.0773 e. The smallest absolute Gasteiger partial charge is 0.0773 e. The van der Waals surface area contributed by atoms with Crippen LogP contribution in [0.2, 0.25) is 0 Å². The Morgan fingerprint density at radius 2 is 1.53 bits per heavy atom. The summed E-state index contributed by atoms with van der Waals surface area (Å²) in [7, 11) is 0.